The Hall–Kier alpha value is -2.99. The molecule has 3 rings (SSSR count). The number of hydrogen-bond acceptors (Lipinski definition) is 3. The van der Waals surface area contributed by atoms with Crippen molar-refractivity contribution in [1.82, 2.24) is 4.98 Å². The maximum absolute atomic E-state index is 13.3. The lowest BCUT2D eigenvalue weighted by atomic mass is 10.2. The number of carbonyl (C=O) groups is 1. The molecule has 4 nitrogen and oxygen atoms in total. The number of hydrogen-bond donors (Lipinski definition) is 2. The Morgan fingerprint density at radius 1 is 0.920 bits per heavy atom. The third-order valence-corrected chi connectivity index (χ3v) is 3.53. The average molecular weight is 360 g/mol. The predicted octanol–water partition coefficient (Wildman–Crippen LogP) is 5.01. The summed E-state index contributed by atoms with van der Waals surface area (Å²) in [7, 11) is 0. The van der Waals surface area contributed by atoms with Crippen molar-refractivity contribution < 1.29 is 13.6 Å². The number of rotatable bonds is 4. The van der Waals surface area contributed by atoms with Crippen LogP contribution < -0.4 is 10.6 Å². The molecular weight excluding hydrogens is 348 g/mol. The molecule has 2 aromatic carbocycles. The summed E-state index contributed by atoms with van der Waals surface area (Å²) in [6.45, 7) is 0. The van der Waals surface area contributed by atoms with Crippen LogP contribution >= 0.6 is 11.6 Å². The summed E-state index contributed by atoms with van der Waals surface area (Å²) in [6, 6.07) is 11.7. The normalized spacial score (nSPS) is 10.4. The molecule has 0 atom stereocenters. The van der Waals surface area contributed by atoms with Crippen LogP contribution in [0.3, 0.4) is 0 Å². The number of amides is 1. The van der Waals surface area contributed by atoms with Crippen LogP contribution in [0.4, 0.5) is 25.8 Å². The van der Waals surface area contributed by atoms with Gasteiger partial charge in [-0.1, -0.05) is 17.7 Å². The molecule has 0 saturated heterocycles. The van der Waals surface area contributed by atoms with Crippen LogP contribution in [0.2, 0.25) is 5.02 Å². The first kappa shape index (κ1) is 16.9. The molecule has 0 radical (unpaired) electrons. The molecule has 7 heteroatoms. The summed E-state index contributed by atoms with van der Waals surface area (Å²) in [5.74, 6) is -2.27. The van der Waals surface area contributed by atoms with Gasteiger partial charge in [0.15, 0.2) is 11.6 Å². The van der Waals surface area contributed by atoms with Crippen LogP contribution in [0, 0.1) is 11.6 Å². The topological polar surface area (TPSA) is 54.0 Å². The Morgan fingerprint density at radius 3 is 2.52 bits per heavy atom. The van der Waals surface area contributed by atoms with Gasteiger partial charge in [0.1, 0.15) is 0 Å². The van der Waals surface area contributed by atoms with E-state index in [4.69, 9.17) is 11.6 Å². The molecule has 1 aromatic heterocycles. The van der Waals surface area contributed by atoms with Gasteiger partial charge in [-0.15, -0.1) is 0 Å². The largest absolute Gasteiger partial charge is 0.354 e. The Bertz CT molecular complexity index is 934. The first-order valence-corrected chi connectivity index (χ1v) is 7.63. The van der Waals surface area contributed by atoms with E-state index in [9.17, 15) is 13.6 Å². The highest BCUT2D eigenvalue weighted by molar-refractivity contribution is 6.30. The third kappa shape index (κ3) is 4.30. The van der Waals surface area contributed by atoms with Crippen molar-refractivity contribution >= 4 is 34.6 Å². The summed E-state index contributed by atoms with van der Waals surface area (Å²) in [6.07, 6.45) is 2.87. The second-order valence-corrected chi connectivity index (χ2v) is 5.62. The summed E-state index contributed by atoms with van der Waals surface area (Å²) in [4.78, 5) is 16.3. The molecule has 2 N–H and O–H groups in total. The number of carbonyl (C=O) groups excluding carboxylic acids is 1. The quantitative estimate of drug-likeness (QED) is 0.688. The van der Waals surface area contributed by atoms with Crippen LogP contribution in [-0.2, 0) is 0 Å². The van der Waals surface area contributed by atoms with Crippen LogP contribution in [0.1, 0.15) is 10.4 Å². The smallest absolute Gasteiger partial charge is 0.257 e. The van der Waals surface area contributed by atoms with Crippen LogP contribution in [-0.4, -0.2) is 10.9 Å². The average Bonchev–Trinajstić information content (AvgIpc) is 2.58. The van der Waals surface area contributed by atoms with Gasteiger partial charge in [0.05, 0.1) is 17.4 Å². The number of anilines is 3. The van der Waals surface area contributed by atoms with E-state index in [-0.39, 0.29) is 5.91 Å². The highest BCUT2D eigenvalue weighted by Crippen LogP contribution is 2.20. The van der Waals surface area contributed by atoms with Gasteiger partial charge in [-0.25, -0.2) is 8.78 Å². The monoisotopic (exact) mass is 359 g/mol. The van der Waals surface area contributed by atoms with Crippen molar-refractivity contribution in [1.29, 1.82) is 0 Å². The van der Waals surface area contributed by atoms with Gasteiger partial charge in [-0.3, -0.25) is 9.78 Å². The zero-order valence-electron chi connectivity index (χ0n) is 12.8. The molecule has 1 heterocycles. The molecule has 0 spiro atoms. The van der Waals surface area contributed by atoms with E-state index in [2.05, 4.69) is 15.6 Å². The lowest BCUT2D eigenvalue weighted by Gasteiger charge is -2.09. The molecule has 1 amide bonds. The van der Waals surface area contributed by atoms with Gasteiger partial charge in [0.25, 0.3) is 5.91 Å². The fourth-order valence-corrected chi connectivity index (χ4v) is 2.33. The van der Waals surface area contributed by atoms with E-state index in [1.54, 1.807) is 30.3 Å². The predicted molar refractivity (Wildman–Crippen MR) is 93.3 cm³/mol. The molecule has 0 bridgehead atoms. The van der Waals surface area contributed by atoms with Crippen LogP contribution in [0.15, 0.2) is 60.9 Å². The van der Waals surface area contributed by atoms with Gasteiger partial charge in [0, 0.05) is 28.7 Å². The maximum atomic E-state index is 13.3. The standard InChI is InChI=1S/C18H12ClF2N3O/c19-12-2-1-3-13(7-12)24-18(25)11-6-15(10-22-9-11)23-14-4-5-16(20)17(21)8-14/h1-10,23H,(H,24,25). The Kier molecular flexibility index (Phi) is 4.90. The number of nitrogens with zero attached hydrogens (tertiary/aromatic N) is 1. The third-order valence-electron chi connectivity index (χ3n) is 3.29. The van der Waals surface area contributed by atoms with E-state index < -0.39 is 11.6 Å². The fourth-order valence-electron chi connectivity index (χ4n) is 2.14. The van der Waals surface area contributed by atoms with Crippen molar-refractivity contribution in [2.24, 2.45) is 0 Å². The van der Waals surface area contributed by atoms with Crippen molar-refractivity contribution in [3.63, 3.8) is 0 Å². The molecule has 0 saturated carbocycles. The van der Waals surface area contributed by atoms with Gasteiger partial charge in [-0.05, 0) is 36.4 Å². The minimum Gasteiger partial charge on any atom is -0.354 e. The molecule has 126 valence electrons. The minimum absolute atomic E-state index is 0.299. The molecule has 3 aromatic rings. The van der Waals surface area contributed by atoms with E-state index >= 15 is 0 Å². The van der Waals surface area contributed by atoms with Gasteiger partial charge >= 0.3 is 0 Å². The number of pyridine rings is 1. The van der Waals surface area contributed by atoms with Crippen molar-refractivity contribution in [2.45, 2.75) is 0 Å². The zero-order chi connectivity index (χ0) is 17.8. The highest BCUT2D eigenvalue weighted by Gasteiger charge is 2.09. The van der Waals surface area contributed by atoms with Crippen molar-refractivity contribution in [2.75, 3.05) is 10.6 Å². The minimum atomic E-state index is -0.965. The molecule has 25 heavy (non-hydrogen) atoms. The summed E-state index contributed by atoms with van der Waals surface area (Å²) < 4.78 is 26.2. The van der Waals surface area contributed by atoms with E-state index in [0.29, 0.717) is 27.6 Å². The second kappa shape index (κ2) is 7.27. The fraction of sp³-hybridized carbons (Fsp3) is 0. The summed E-state index contributed by atoms with van der Waals surface area (Å²) in [5.41, 5.74) is 1.65. The summed E-state index contributed by atoms with van der Waals surface area (Å²) >= 11 is 5.88. The van der Waals surface area contributed by atoms with Crippen LogP contribution in [0.25, 0.3) is 0 Å². The Morgan fingerprint density at radius 2 is 1.76 bits per heavy atom. The number of nitrogens with one attached hydrogen (secondary N) is 2. The number of halogens is 3. The second-order valence-electron chi connectivity index (χ2n) is 5.18. The highest BCUT2D eigenvalue weighted by atomic mass is 35.5. The van der Waals surface area contributed by atoms with Crippen molar-refractivity contribution in [3.05, 3.63) is 83.1 Å². The maximum Gasteiger partial charge on any atom is 0.257 e. The Balaban J connectivity index is 1.76. The number of aromatic nitrogens is 1. The number of benzene rings is 2. The lowest BCUT2D eigenvalue weighted by Crippen LogP contribution is -2.12. The summed E-state index contributed by atoms with van der Waals surface area (Å²) in [5, 5.41) is 6.08. The lowest BCUT2D eigenvalue weighted by molar-refractivity contribution is 0.102. The van der Waals surface area contributed by atoms with E-state index in [0.717, 1.165) is 12.1 Å². The molecule has 0 aliphatic heterocycles. The molecule has 0 fully saturated rings. The first-order chi connectivity index (χ1) is 12.0. The first-order valence-electron chi connectivity index (χ1n) is 7.25. The van der Waals surface area contributed by atoms with Crippen molar-refractivity contribution in [3.8, 4) is 0 Å². The molecule has 0 unspecified atom stereocenters. The molecular formula is C18H12ClF2N3O. The van der Waals surface area contributed by atoms with E-state index in [1.165, 1.54) is 18.5 Å². The van der Waals surface area contributed by atoms with Gasteiger partial charge < -0.3 is 10.6 Å². The molecule has 0 aliphatic rings. The van der Waals surface area contributed by atoms with Gasteiger partial charge in [0.2, 0.25) is 0 Å². The SMILES string of the molecule is O=C(Nc1cccc(Cl)c1)c1cncc(Nc2ccc(F)c(F)c2)c1. The van der Waals surface area contributed by atoms with E-state index in [1.807, 2.05) is 0 Å². The zero-order valence-corrected chi connectivity index (χ0v) is 13.5. The Labute approximate surface area is 147 Å². The van der Waals surface area contributed by atoms with Gasteiger partial charge in [-0.2, -0.15) is 0 Å². The molecule has 0 aliphatic carbocycles. The van der Waals surface area contributed by atoms with Crippen LogP contribution in [0.5, 0.6) is 0 Å².